The van der Waals surface area contributed by atoms with Gasteiger partial charge in [-0.1, -0.05) is 36.8 Å². The van der Waals surface area contributed by atoms with Crippen molar-refractivity contribution >= 4 is 11.3 Å². The van der Waals surface area contributed by atoms with Gasteiger partial charge in [-0.2, -0.15) is 0 Å². The SMILES string of the molecule is CCNC(CCc1cccc(C)c1)c1sccc1C. The van der Waals surface area contributed by atoms with Crippen LogP contribution in [0.5, 0.6) is 0 Å². The molecular formula is C17H23NS. The van der Waals surface area contributed by atoms with E-state index < -0.39 is 0 Å². The van der Waals surface area contributed by atoms with Crippen LogP contribution >= 0.6 is 11.3 Å². The van der Waals surface area contributed by atoms with E-state index in [-0.39, 0.29) is 0 Å². The lowest BCUT2D eigenvalue weighted by molar-refractivity contribution is 0.521. The highest BCUT2D eigenvalue weighted by Crippen LogP contribution is 2.27. The van der Waals surface area contributed by atoms with Crippen molar-refractivity contribution in [1.82, 2.24) is 5.32 Å². The number of rotatable bonds is 6. The summed E-state index contributed by atoms with van der Waals surface area (Å²) in [6.07, 6.45) is 2.30. The molecule has 0 bridgehead atoms. The number of thiophene rings is 1. The van der Waals surface area contributed by atoms with Gasteiger partial charge in [0.15, 0.2) is 0 Å². The summed E-state index contributed by atoms with van der Waals surface area (Å²) < 4.78 is 0. The van der Waals surface area contributed by atoms with Gasteiger partial charge in [0.2, 0.25) is 0 Å². The average Bonchev–Trinajstić information content (AvgIpc) is 2.81. The molecule has 1 N–H and O–H groups in total. The van der Waals surface area contributed by atoms with Gasteiger partial charge in [-0.15, -0.1) is 11.3 Å². The van der Waals surface area contributed by atoms with Crippen molar-refractivity contribution in [3.63, 3.8) is 0 Å². The minimum absolute atomic E-state index is 0.491. The highest BCUT2D eigenvalue weighted by molar-refractivity contribution is 7.10. The van der Waals surface area contributed by atoms with Crippen molar-refractivity contribution in [2.45, 2.75) is 39.7 Å². The lowest BCUT2D eigenvalue weighted by Crippen LogP contribution is -2.21. The molecule has 0 aliphatic heterocycles. The molecule has 0 spiro atoms. The van der Waals surface area contributed by atoms with Gasteiger partial charge in [-0.3, -0.25) is 0 Å². The van der Waals surface area contributed by atoms with E-state index in [0.717, 1.165) is 13.0 Å². The summed E-state index contributed by atoms with van der Waals surface area (Å²) >= 11 is 1.87. The summed E-state index contributed by atoms with van der Waals surface area (Å²) in [5, 5.41) is 5.82. The smallest absolute Gasteiger partial charge is 0.0420 e. The normalized spacial score (nSPS) is 12.6. The zero-order chi connectivity index (χ0) is 13.7. The van der Waals surface area contributed by atoms with Crippen molar-refractivity contribution in [3.8, 4) is 0 Å². The third-order valence-electron chi connectivity index (χ3n) is 3.47. The molecule has 1 heterocycles. The van der Waals surface area contributed by atoms with Crippen LogP contribution in [0.4, 0.5) is 0 Å². The molecule has 1 aromatic carbocycles. The molecule has 1 atom stereocenters. The first-order valence-corrected chi connectivity index (χ1v) is 7.91. The summed E-state index contributed by atoms with van der Waals surface area (Å²) in [5.41, 5.74) is 4.21. The van der Waals surface area contributed by atoms with Crippen LogP contribution in [0.1, 0.15) is 41.0 Å². The molecule has 0 saturated carbocycles. The van der Waals surface area contributed by atoms with E-state index >= 15 is 0 Å². The largest absolute Gasteiger partial charge is 0.310 e. The summed E-state index contributed by atoms with van der Waals surface area (Å²) in [7, 11) is 0. The molecule has 0 amide bonds. The molecule has 102 valence electrons. The van der Waals surface area contributed by atoms with Crippen LogP contribution in [0.25, 0.3) is 0 Å². The Hall–Kier alpha value is -1.12. The van der Waals surface area contributed by atoms with Gasteiger partial charge in [-0.25, -0.2) is 0 Å². The Morgan fingerprint density at radius 3 is 2.68 bits per heavy atom. The second-order valence-corrected chi connectivity index (χ2v) is 6.05. The van der Waals surface area contributed by atoms with E-state index in [1.807, 2.05) is 11.3 Å². The first-order chi connectivity index (χ1) is 9.20. The summed E-state index contributed by atoms with van der Waals surface area (Å²) in [5.74, 6) is 0. The molecule has 2 heteroatoms. The van der Waals surface area contributed by atoms with Gasteiger partial charge in [0.05, 0.1) is 0 Å². The second-order valence-electron chi connectivity index (χ2n) is 5.11. The maximum atomic E-state index is 3.62. The summed E-state index contributed by atoms with van der Waals surface area (Å²) in [6.45, 7) is 7.58. The Kier molecular flexibility index (Phi) is 5.17. The molecule has 0 fully saturated rings. The molecule has 1 aromatic heterocycles. The monoisotopic (exact) mass is 273 g/mol. The third-order valence-corrected chi connectivity index (χ3v) is 4.61. The van der Waals surface area contributed by atoms with Gasteiger partial charge in [-0.05, 0) is 55.8 Å². The van der Waals surface area contributed by atoms with Crippen molar-refractivity contribution in [2.75, 3.05) is 6.54 Å². The van der Waals surface area contributed by atoms with E-state index in [1.165, 1.54) is 28.0 Å². The highest BCUT2D eigenvalue weighted by Gasteiger charge is 2.13. The van der Waals surface area contributed by atoms with Crippen LogP contribution < -0.4 is 5.32 Å². The molecule has 19 heavy (non-hydrogen) atoms. The van der Waals surface area contributed by atoms with Crippen LogP contribution in [0, 0.1) is 13.8 Å². The van der Waals surface area contributed by atoms with Gasteiger partial charge in [0.25, 0.3) is 0 Å². The van der Waals surface area contributed by atoms with Crippen molar-refractivity contribution in [2.24, 2.45) is 0 Å². The van der Waals surface area contributed by atoms with Crippen LogP contribution in [0.2, 0.25) is 0 Å². The van der Waals surface area contributed by atoms with Crippen molar-refractivity contribution in [1.29, 1.82) is 0 Å². The van der Waals surface area contributed by atoms with Crippen LogP contribution in [0.15, 0.2) is 35.7 Å². The predicted molar refractivity (Wildman–Crippen MR) is 85.0 cm³/mol. The Morgan fingerprint density at radius 1 is 1.21 bits per heavy atom. The fourth-order valence-corrected chi connectivity index (χ4v) is 3.53. The standard InChI is InChI=1S/C17H23NS/c1-4-18-16(17-14(3)10-11-19-17)9-8-15-7-5-6-13(2)12-15/h5-7,10-12,16,18H,4,8-9H2,1-3H3. The lowest BCUT2D eigenvalue weighted by atomic mass is 10.0. The topological polar surface area (TPSA) is 12.0 Å². The minimum Gasteiger partial charge on any atom is -0.310 e. The number of nitrogens with one attached hydrogen (secondary N) is 1. The van der Waals surface area contributed by atoms with Crippen LogP contribution in [0.3, 0.4) is 0 Å². The van der Waals surface area contributed by atoms with Crippen molar-refractivity contribution < 1.29 is 0 Å². The highest BCUT2D eigenvalue weighted by atomic mass is 32.1. The second kappa shape index (κ2) is 6.88. The molecule has 2 rings (SSSR count). The van der Waals surface area contributed by atoms with E-state index in [0.29, 0.717) is 6.04 Å². The van der Waals surface area contributed by atoms with Crippen molar-refractivity contribution in [3.05, 3.63) is 57.3 Å². The molecular weight excluding hydrogens is 250 g/mol. The molecule has 0 aliphatic carbocycles. The van der Waals surface area contributed by atoms with E-state index in [2.05, 4.69) is 61.8 Å². The number of aryl methyl sites for hydroxylation is 3. The Bertz CT molecular complexity index is 515. The van der Waals surface area contributed by atoms with Gasteiger partial charge < -0.3 is 5.32 Å². The Morgan fingerprint density at radius 2 is 2.05 bits per heavy atom. The number of hydrogen-bond acceptors (Lipinski definition) is 2. The maximum Gasteiger partial charge on any atom is 0.0420 e. The lowest BCUT2D eigenvalue weighted by Gasteiger charge is -2.18. The van der Waals surface area contributed by atoms with Crippen LogP contribution in [-0.2, 0) is 6.42 Å². The first-order valence-electron chi connectivity index (χ1n) is 7.03. The van der Waals surface area contributed by atoms with Crippen LogP contribution in [-0.4, -0.2) is 6.54 Å². The van der Waals surface area contributed by atoms with E-state index in [9.17, 15) is 0 Å². The fourth-order valence-electron chi connectivity index (χ4n) is 2.49. The zero-order valence-corrected chi connectivity index (χ0v) is 12.9. The molecule has 0 aliphatic rings. The minimum atomic E-state index is 0.491. The van der Waals surface area contributed by atoms with Gasteiger partial charge in [0.1, 0.15) is 0 Å². The summed E-state index contributed by atoms with van der Waals surface area (Å²) in [4.78, 5) is 1.49. The van der Waals surface area contributed by atoms with Gasteiger partial charge >= 0.3 is 0 Å². The predicted octanol–water partition coefficient (Wildman–Crippen LogP) is 4.65. The molecule has 0 radical (unpaired) electrons. The molecule has 1 nitrogen and oxygen atoms in total. The number of hydrogen-bond donors (Lipinski definition) is 1. The summed E-state index contributed by atoms with van der Waals surface area (Å²) in [6, 6.07) is 11.6. The van der Waals surface area contributed by atoms with Gasteiger partial charge in [0, 0.05) is 10.9 Å². The average molecular weight is 273 g/mol. The first kappa shape index (κ1) is 14.3. The quantitative estimate of drug-likeness (QED) is 0.808. The Balaban J connectivity index is 2.04. The molecule has 2 aromatic rings. The Labute approximate surface area is 120 Å². The molecule has 1 unspecified atom stereocenters. The zero-order valence-electron chi connectivity index (χ0n) is 12.1. The van der Waals surface area contributed by atoms with E-state index in [1.54, 1.807) is 0 Å². The molecule has 0 saturated heterocycles. The maximum absolute atomic E-state index is 3.62. The number of benzene rings is 1. The fraction of sp³-hybridized carbons (Fsp3) is 0.412. The third kappa shape index (κ3) is 3.92. The van der Waals surface area contributed by atoms with E-state index in [4.69, 9.17) is 0 Å².